The van der Waals surface area contributed by atoms with E-state index in [0.717, 1.165) is 41.4 Å². The third kappa shape index (κ3) is 2.94. The number of rotatable bonds is 4. The standard InChI is InChI=1S/C19H18FN/c1-2-3-7-15-12-19(14-8-5-4-6-9-14)21-18-11-10-16(20)13-17(15)18/h4-6,8-13H,2-3,7H2,1H3. The van der Waals surface area contributed by atoms with Crippen molar-refractivity contribution >= 4 is 10.9 Å². The summed E-state index contributed by atoms with van der Waals surface area (Å²) >= 11 is 0. The molecule has 0 aliphatic rings. The molecule has 3 aromatic rings. The predicted molar refractivity (Wildman–Crippen MR) is 85.7 cm³/mol. The molecule has 1 aromatic heterocycles. The summed E-state index contributed by atoms with van der Waals surface area (Å²) in [5.41, 5.74) is 4.10. The summed E-state index contributed by atoms with van der Waals surface area (Å²) in [6.45, 7) is 2.17. The van der Waals surface area contributed by atoms with Crippen molar-refractivity contribution in [1.29, 1.82) is 0 Å². The fourth-order valence-electron chi connectivity index (χ4n) is 2.60. The Kier molecular flexibility index (Phi) is 3.96. The van der Waals surface area contributed by atoms with E-state index in [9.17, 15) is 4.39 Å². The smallest absolute Gasteiger partial charge is 0.123 e. The Morgan fingerprint density at radius 2 is 1.81 bits per heavy atom. The number of unbranched alkanes of at least 4 members (excludes halogenated alkanes) is 1. The van der Waals surface area contributed by atoms with Gasteiger partial charge in [-0.15, -0.1) is 0 Å². The molecule has 2 heteroatoms. The lowest BCUT2D eigenvalue weighted by atomic mass is 10.00. The molecule has 0 spiro atoms. The number of aryl methyl sites for hydroxylation is 1. The van der Waals surface area contributed by atoms with Crippen LogP contribution in [0.25, 0.3) is 22.2 Å². The number of hydrogen-bond acceptors (Lipinski definition) is 1. The van der Waals surface area contributed by atoms with Crippen molar-refractivity contribution in [2.24, 2.45) is 0 Å². The second-order valence-corrected chi connectivity index (χ2v) is 5.30. The molecule has 2 aromatic carbocycles. The topological polar surface area (TPSA) is 12.9 Å². The zero-order valence-corrected chi connectivity index (χ0v) is 12.1. The Balaban J connectivity index is 2.17. The molecule has 0 radical (unpaired) electrons. The summed E-state index contributed by atoms with van der Waals surface area (Å²) in [5, 5.41) is 0.933. The molecule has 3 rings (SSSR count). The summed E-state index contributed by atoms with van der Waals surface area (Å²) in [5.74, 6) is -0.200. The lowest BCUT2D eigenvalue weighted by Gasteiger charge is -2.10. The van der Waals surface area contributed by atoms with Crippen LogP contribution in [-0.2, 0) is 6.42 Å². The Hall–Kier alpha value is -2.22. The van der Waals surface area contributed by atoms with Crippen LogP contribution in [0.2, 0.25) is 0 Å². The van der Waals surface area contributed by atoms with Crippen molar-refractivity contribution < 1.29 is 4.39 Å². The van der Waals surface area contributed by atoms with E-state index in [1.54, 1.807) is 12.1 Å². The quantitative estimate of drug-likeness (QED) is 0.624. The van der Waals surface area contributed by atoms with Crippen molar-refractivity contribution in [2.75, 3.05) is 0 Å². The first-order chi connectivity index (χ1) is 10.3. The Bertz CT molecular complexity index is 750. The molecule has 21 heavy (non-hydrogen) atoms. The van der Waals surface area contributed by atoms with Gasteiger partial charge in [-0.2, -0.15) is 0 Å². The molecule has 106 valence electrons. The summed E-state index contributed by atoms with van der Waals surface area (Å²) in [6.07, 6.45) is 3.18. The highest BCUT2D eigenvalue weighted by Gasteiger charge is 2.08. The van der Waals surface area contributed by atoms with Crippen LogP contribution >= 0.6 is 0 Å². The Labute approximate surface area is 124 Å². The third-order valence-corrected chi connectivity index (χ3v) is 3.73. The number of halogens is 1. The van der Waals surface area contributed by atoms with Gasteiger partial charge in [0, 0.05) is 10.9 Å². The van der Waals surface area contributed by atoms with E-state index >= 15 is 0 Å². The lowest BCUT2D eigenvalue weighted by molar-refractivity contribution is 0.629. The summed E-state index contributed by atoms with van der Waals surface area (Å²) in [4.78, 5) is 4.69. The van der Waals surface area contributed by atoms with Gasteiger partial charge in [-0.1, -0.05) is 43.7 Å². The summed E-state index contributed by atoms with van der Waals surface area (Å²) < 4.78 is 13.5. The number of fused-ring (bicyclic) bond motifs is 1. The van der Waals surface area contributed by atoms with Crippen LogP contribution in [-0.4, -0.2) is 4.98 Å². The van der Waals surface area contributed by atoms with Crippen molar-refractivity contribution in [3.8, 4) is 11.3 Å². The van der Waals surface area contributed by atoms with E-state index in [1.165, 1.54) is 11.6 Å². The van der Waals surface area contributed by atoms with Gasteiger partial charge < -0.3 is 0 Å². The van der Waals surface area contributed by atoms with Crippen molar-refractivity contribution in [3.05, 3.63) is 66.0 Å². The van der Waals surface area contributed by atoms with Gasteiger partial charge in [0.05, 0.1) is 11.2 Å². The molecular formula is C19H18FN. The van der Waals surface area contributed by atoms with E-state index in [0.29, 0.717) is 0 Å². The van der Waals surface area contributed by atoms with Crippen molar-refractivity contribution in [1.82, 2.24) is 4.98 Å². The van der Waals surface area contributed by atoms with E-state index < -0.39 is 0 Å². The van der Waals surface area contributed by atoms with Crippen molar-refractivity contribution in [2.45, 2.75) is 26.2 Å². The molecule has 0 amide bonds. The largest absolute Gasteiger partial charge is 0.248 e. The highest BCUT2D eigenvalue weighted by Crippen LogP contribution is 2.26. The summed E-state index contributed by atoms with van der Waals surface area (Å²) in [7, 11) is 0. The second kappa shape index (κ2) is 6.04. The minimum absolute atomic E-state index is 0.200. The van der Waals surface area contributed by atoms with Gasteiger partial charge in [-0.05, 0) is 42.7 Å². The van der Waals surface area contributed by atoms with Crippen LogP contribution in [0.1, 0.15) is 25.3 Å². The second-order valence-electron chi connectivity index (χ2n) is 5.30. The van der Waals surface area contributed by atoms with Crippen LogP contribution in [0, 0.1) is 5.82 Å². The van der Waals surface area contributed by atoms with Gasteiger partial charge in [0.1, 0.15) is 5.82 Å². The highest BCUT2D eigenvalue weighted by atomic mass is 19.1. The average Bonchev–Trinajstić information content (AvgIpc) is 2.53. The van der Waals surface area contributed by atoms with Gasteiger partial charge in [-0.25, -0.2) is 9.37 Å². The van der Waals surface area contributed by atoms with E-state index in [4.69, 9.17) is 0 Å². The SMILES string of the molecule is CCCCc1cc(-c2ccccc2)nc2ccc(F)cc12. The first-order valence-corrected chi connectivity index (χ1v) is 7.42. The lowest BCUT2D eigenvalue weighted by Crippen LogP contribution is -1.94. The number of pyridine rings is 1. The summed E-state index contributed by atoms with van der Waals surface area (Å²) in [6, 6.07) is 17.1. The molecule has 1 heterocycles. The molecule has 0 N–H and O–H groups in total. The zero-order valence-electron chi connectivity index (χ0n) is 12.1. The predicted octanol–water partition coefficient (Wildman–Crippen LogP) is 5.38. The number of aromatic nitrogens is 1. The molecule has 0 saturated heterocycles. The molecule has 0 atom stereocenters. The third-order valence-electron chi connectivity index (χ3n) is 3.73. The maximum atomic E-state index is 13.5. The van der Waals surface area contributed by atoms with E-state index in [-0.39, 0.29) is 5.82 Å². The Morgan fingerprint density at radius 3 is 2.57 bits per heavy atom. The van der Waals surface area contributed by atoms with E-state index in [1.807, 2.05) is 18.2 Å². The average molecular weight is 279 g/mol. The highest BCUT2D eigenvalue weighted by molar-refractivity contribution is 5.85. The van der Waals surface area contributed by atoms with Crippen LogP contribution in [0.3, 0.4) is 0 Å². The van der Waals surface area contributed by atoms with Crippen LogP contribution in [0.5, 0.6) is 0 Å². The minimum atomic E-state index is -0.200. The first kappa shape index (κ1) is 13.7. The molecule has 0 aliphatic carbocycles. The van der Waals surface area contributed by atoms with Crippen LogP contribution < -0.4 is 0 Å². The maximum absolute atomic E-state index is 13.5. The maximum Gasteiger partial charge on any atom is 0.123 e. The van der Waals surface area contributed by atoms with Gasteiger partial charge in [0.25, 0.3) is 0 Å². The van der Waals surface area contributed by atoms with Crippen LogP contribution in [0.4, 0.5) is 4.39 Å². The number of benzene rings is 2. The normalized spacial score (nSPS) is 11.0. The fourth-order valence-corrected chi connectivity index (χ4v) is 2.60. The molecule has 1 nitrogen and oxygen atoms in total. The molecule has 0 saturated carbocycles. The number of nitrogens with zero attached hydrogens (tertiary/aromatic N) is 1. The van der Waals surface area contributed by atoms with E-state index in [2.05, 4.69) is 30.1 Å². The minimum Gasteiger partial charge on any atom is -0.248 e. The van der Waals surface area contributed by atoms with Gasteiger partial charge in [0.15, 0.2) is 0 Å². The van der Waals surface area contributed by atoms with Crippen LogP contribution in [0.15, 0.2) is 54.6 Å². The molecule has 0 fully saturated rings. The molecule has 0 aliphatic heterocycles. The molecule has 0 bridgehead atoms. The first-order valence-electron chi connectivity index (χ1n) is 7.42. The molecular weight excluding hydrogens is 261 g/mol. The zero-order chi connectivity index (χ0) is 14.7. The van der Waals surface area contributed by atoms with Crippen molar-refractivity contribution in [3.63, 3.8) is 0 Å². The van der Waals surface area contributed by atoms with Gasteiger partial charge in [0.2, 0.25) is 0 Å². The Morgan fingerprint density at radius 1 is 1.00 bits per heavy atom. The number of hydrogen-bond donors (Lipinski definition) is 0. The van der Waals surface area contributed by atoms with Gasteiger partial charge >= 0.3 is 0 Å². The monoisotopic (exact) mass is 279 g/mol. The van der Waals surface area contributed by atoms with Gasteiger partial charge in [-0.3, -0.25) is 0 Å². The fraction of sp³-hybridized carbons (Fsp3) is 0.211. The molecule has 0 unspecified atom stereocenters.